The maximum Gasteiger partial charge on any atom is 0.314 e. The molecule has 0 aliphatic heterocycles. The molecule has 0 unspecified atom stereocenters. The van der Waals surface area contributed by atoms with Gasteiger partial charge in [0.05, 0.1) is 26.1 Å². The lowest BCUT2D eigenvalue weighted by Gasteiger charge is -2.32. The number of hydrogen-bond donors (Lipinski definition) is 0. The molecule has 1 rings (SSSR count). The Morgan fingerprint density at radius 2 is 1.89 bits per heavy atom. The third-order valence-corrected chi connectivity index (χ3v) is 3.33. The molecular formula is C14H20O4. The third-order valence-electron chi connectivity index (χ3n) is 3.33. The second-order valence-corrected chi connectivity index (χ2v) is 4.44. The van der Waals surface area contributed by atoms with Gasteiger partial charge in [-0.15, -0.1) is 0 Å². The van der Waals surface area contributed by atoms with Gasteiger partial charge in [0.25, 0.3) is 0 Å². The quantitative estimate of drug-likeness (QED) is 0.719. The van der Waals surface area contributed by atoms with E-state index in [9.17, 15) is 9.59 Å². The van der Waals surface area contributed by atoms with Crippen LogP contribution >= 0.6 is 0 Å². The van der Waals surface area contributed by atoms with Gasteiger partial charge in [0.2, 0.25) is 0 Å². The minimum Gasteiger partial charge on any atom is -0.469 e. The summed E-state index contributed by atoms with van der Waals surface area (Å²) in [7, 11) is 2.65. The topological polar surface area (TPSA) is 52.6 Å². The van der Waals surface area contributed by atoms with Crippen molar-refractivity contribution in [1.29, 1.82) is 0 Å². The Morgan fingerprint density at radius 3 is 2.39 bits per heavy atom. The van der Waals surface area contributed by atoms with Crippen molar-refractivity contribution >= 4 is 11.9 Å². The first-order valence-corrected chi connectivity index (χ1v) is 6.09. The van der Waals surface area contributed by atoms with E-state index in [4.69, 9.17) is 9.47 Å². The molecule has 0 saturated carbocycles. The van der Waals surface area contributed by atoms with Gasteiger partial charge in [-0.05, 0) is 17.9 Å². The minimum absolute atomic E-state index is 0.00273. The van der Waals surface area contributed by atoms with E-state index in [2.05, 4.69) is 6.58 Å². The molecule has 0 aromatic rings. The largest absolute Gasteiger partial charge is 0.469 e. The number of rotatable bonds is 4. The molecule has 18 heavy (non-hydrogen) atoms. The van der Waals surface area contributed by atoms with Gasteiger partial charge in [-0.1, -0.05) is 32.1 Å². The van der Waals surface area contributed by atoms with Crippen molar-refractivity contribution < 1.29 is 19.1 Å². The highest BCUT2D eigenvalue weighted by atomic mass is 16.5. The van der Waals surface area contributed by atoms with E-state index < -0.39 is 17.8 Å². The molecule has 0 aromatic heterocycles. The highest BCUT2D eigenvalue weighted by Gasteiger charge is 2.42. The van der Waals surface area contributed by atoms with Crippen LogP contribution in [0.4, 0.5) is 0 Å². The summed E-state index contributed by atoms with van der Waals surface area (Å²) in [4.78, 5) is 23.8. The highest BCUT2D eigenvalue weighted by Crippen LogP contribution is 2.37. The average molecular weight is 252 g/mol. The summed E-state index contributed by atoms with van der Waals surface area (Å²) < 4.78 is 9.59. The average Bonchev–Trinajstić information content (AvgIpc) is 2.38. The zero-order valence-electron chi connectivity index (χ0n) is 11.1. The van der Waals surface area contributed by atoms with Gasteiger partial charge >= 0.3 is 11.9 Å². The van der Waals surface area contributed by atoms with Crippen molar-refractivity contribution in [3.05, 3.63) is 24.3 Å². The van der Waals surface area contributed by atoms with E-state index in [1.165, 1.54) is 14.2 Å². The fraction of sp³-hybridized carbons (Fsp3) is 0.571. The van der Waals surface area contributed by atoms with Gasteiger partial charge in [-0.25, -0.2) is 0 Å². The van der Waals surface area contributed by atoms with E-state index >= 15 is 0 Å². The molecular weight excluding hydrogens is 232 g/mol. The zero-order chi connectivity index (χ0) is 13.7. The lowest BCUT2D eigenvalue weighted by Crippen LogP contribution is -2.39. The van der Waals surface area contributed by atoms with Crippen LogP contribution in [0.5, 0.6) is 0 Å². The summed E-state index contributed by atoms with van der Waals surface area (Å²) >= 11 is 0. The van der Waals surface area contributed by atoms with Crippen molar-refractivity contribution in [2.24, 2.45) is 17.8 Å². The van der Waals surface area contributed by atoms with E-state index in [0.717, 1.165) is 12.8 Å². The summed E-state index contributed by atoms with van der Waals surface area (Å²) in [5.74, 6) is -1.98. The molecule has 0 bridgehead atoms. The van der Waals surface area contributed by atoms with E-state index in [1.807, 2.05) is 13.0 Å². The molecule has 4 nitrogen and oxygen atoms in total. The molecule has 1 aliphatic carbocycles. The molecule has 0 aromatic carbocycles. The summed E-state index contributed by atoms with van der Waals surface area (Å²) in [5.41, 5.74) is 0.601. The first-order chi connectivity index (χ1) is 8.56. The van der Waals surface area contributed by atoms with Gasteiger partial charge in [-0.2, -0.15) is 0 Å². The maximum atomic E-state index is 11.9. The van der Waals surface area contributed by atoms with Gasteiger partial charge < -0.3 is 9.47 Å². The molecule has 0 radical (unpaired) electrons. The molecule has 3 atom stereocenters. The molecule has 0 saturated heterocycles. The number of carbonyl (C=O) groups excluding carboxylic acids is 2. The third kappa shape index (κ3) is 2.81. The SMILES string of the molecule is C=C1C=C[C@@H](CCC)[C@H](C(=O)OC)[C@H]1C(=O)OC. The standard InChI is InChI=1S/C14H20O4/c1-5-6-10-8-7-9(2)11(13(15)17-3)12(10)14(16)18-4/h7-8,10-12H,2,5-6H2,1,3-4H3/t10-,11+,12+/m1/s1. The lowest BCUT2D eigenvalue weighted by molar-refractivity contribution is -0.157. The smallest absolute Gasteiger partial charge is 0.314 e. The lowest BCUT2D eigenvalue weighted by atomic mass is 9.72. The summed E-state index contributed by atoms with van der Waals surface area (Å²) in [6.07, 6.45) is 5.51. The molecule has 4 heteroatoms. The van der Waals surface area contributed by atoms with Crippen molar-refractivity contribution in [3.63, 3.8) is 0 Å². The number of carbonyl (C=O) groups is 2. The Balaban J connectivity index is 3.10. The molecule has 100 valence electrons. The molecule has 0 spiro atoms. The van der Waals surface area contributed by atoms with Crippen molar-refractivity contribution in [1.82, 2.24) is 0 Å². The Morgan fingerprint density at radius 1 is 1.28 bits per heavy atom. The first-order valence-electron chi connectivity index (χ1n) is 6.09. The van der Waals surface area contributed by atoms with Crippen LogP contribution < -0.4 is 0 Å². The monoisotopic (exact) mass is 252 g/mol. The number of allylic oxidation sites excluding steroid dienone is 2. The van der Waals surface area contributed by atoms with Crippen LogP contribution in [-0.4, -0.2) is 26.2 Å². The van der Waals surface area contributed by atoms with Gasteiger partial charge in [-0.3, -0.25) is 9.59 Å². The van der Waals surface area contributed by atoms with Gasteiger partial charge in [0.15, 0.2) is 0 Å². The summed E-state index contributed by atoms with van der Waals surface area (Å²) in [6.45, 7) is 5.87. The maximum absolute atomic E-state index is 11.9. The Hall–Kier alpha value is -1.58. The fourth-order valence-electron chi connectivity index (χ4n) is 2.43. The molecule has 0 heterocycles. The number of ether oxygens (including phenoxy) is 2. The molecule has 0 N–H and O–H groups in total. The second-order valence-electron chi connectivity index (χ2n) is 4.44. The van der Waals surface area contributed by atoms with Crippen LogP contribution in [-0.2, 0) is 19.1 Å². The van der Waals surface area contributed by atoms with Crippen LogP contribution in [0.3, 0.4) is 0 Å². The first kappa shape index (κ1) is 14.5. The zero-order valence-corrected chi connectivity index (χ0v) is 11.1. The van der Waals surface area contributed by atoms with Crippen LogP contribution in [0, 0.1) is 17.8 Å². The fourth-order valence-corrected chi connectivity index (χ4v) is 2.43. The molecule has 0 amide bonds. The minimum atomic E-state index is -0.635. The Kier molecular flexibility index (Phi) is 5.13. The number of hydrogen-bond acceptors (Lipinski definition) is 4. The normalized spacial score (nSPS) is 26.8. The van der Waals surface area contributed by atoms with E-state index in [-0.39, 0.29) is 11.9 Å². The van der Waals surface area contributed by atoms with Crippen molar-refractivity contribution in [2.75, 3.05) is 14.2 Å². The van der Waals surface area contributed by atoms with E-state index in [1.54, 1.807) is 6.08 Å². The number of methoxy groups -OCH3 is 2. The van der Waals surface area contributed by atoms with E-state index in [0.29, 0.717) is 5.57 Å². The summed E-state index contributed by atoms with van der Waals surface area (Å²) in [5, 5.41) is 0. The van der Waals surface area contributed by atoms with Gasteiger partial charge in [0.1, 0.15) is 0 Å². The Bertz CT molecular complexity index is 370. The molecule has 1 aliphatic rings. The van der Waals surface area contributed by atoms with Crippen molar-refractivity contribution in [2.45, 2.75) is 19.8 Å². The van der Waals surface area contributed by atoms with Gasteiger partial charge in [0, 0.05) is 0 Å². The predicted molar refractivity (Wildman–Crippen MR) is 67.7 cm³/mol. The Labute approximate surface area is 108 Å². The van der Waals surface area contributed by atoms with Crippen molar-refractivity contribution in [3.8, 4) is 0 Å². The van der Waals surface area contributed by atoms with Crippen LogP contribution in [0.25, 0.3) is 0 Å². The van der Waals surface area contributed by atoms with Crippen LogP contribution in [0.2, 0.25) is 0 Å². The van der Waals surface area contributed by atoms with Crippen LogP contribution in [0.15, 0.2) is 24.3 Å². The highest BCUT2D eigenvalue weighted by molar-refractivity contribution is 5.86. The predicted octanol–water partition coefficient (Wildman–Crippen LogP) is 2.11. The number of esters is 2. The second kappa shape index (κ2) is 6.38. The molecule has 0 fully saturated rings. The van der Waals surface area contributed by atoms with Crippen LogP contribution in [0.1, 0.15) is 19.8 Å². The summed E-state index contributed by atoms with van der Waals surface area (Å²) in [6, 6.07) is 0.